The van der Waals surface area contributed by atoms with Gasteiger partial charge in [0.25, 0.3) is 0 Å². The Morgan fingerprint density at radius 1 is 1.38 bits per heavy atom. The number of rotatable bonds is 8. The SMILES string of the molecule is CCOCCCNCCn1nc(C)cc1C. The van der Waals surface area contributed by atoms with E-state index in [1.54, 1.807) is 0 Å². The second-order valence-corrected chi connectivity index (χ2v) is 3.95. The molecule has 0 amide bonds. The molecule has 0 saturated heterocycles. The molecule has 1 aromatic rings. The highest BCUT2D eigenvalue weighted by Crippen LogP contribution is 2.00. The van der Waals surface area contributed by atoms with E-state index in [-0.39, 0.29) is 0 Å². The summed E-state index contributed by atoms with van der Waals surface area (Å²) in [6.07, 6.45) is 1.07. The first kappa shape index (κ1) is 13.2. The third-order valence-electron chi connectivity index (χ3n) is 2.45. The zero-order chi connectivity index (χ0) is 11.8. The molecule has 4 nitrogen and oxygen atoms in total. The Kier molecular flexibility index (Phi) is 6.11. The Hall–Kier alpha value is -0.870. The molecule has 0 aromatic carbocycles. The predicted octanol–water partition coefficient (Wildman–Crippen LogP) is 1.52. The summed E-state index contributed by atoms with van der Waals surface area (Å²) in [5, 5.41) is 7.80. The smallest absolute Gasteiger partial charge is 0.0596 e. The van der Waals surface area contributed by atoms with Crippen LogP contribution in [-0.2, 0) is 11.3 Å². The van der Waals surface area contributed by atoms with Gasteiger partial charge in [0, 0.05) is 25.5 Å². The minimum absolute atomic E-state index is 0.811. The fourth-order valence-electron chi connectivity index (χ4n) is 1.65. The maximum Gasteiger partial charge on any atom is 0.0596 e. The van der Waals surface area contributed by atoms with Crippen LogP contribution in [0, 0.1) is 13.8 Å². The molecule has 0 saturated carbocycles. The van der Waals surface area contributed by atoms with Gasteiger partial charge in [-0.15, -0.1) is 0 Å². The highest BCUT2D eigenvalue weighted by molar-refractivity contribution is 5.06. The molecule has 1 rings (SSSR count). The van der Waals surface area contributed by atoms with E-state index in [1.807, 2.05) is 18.5 Å². The summed E-state index contributed by atoms with van der Waals surface area (Å²) in [5.74, 6) is 0. The van der Waals surface area contributed by atoms with E-state index in [0.717, 1.165) is 45.0 Å². The molecule has 0 radical (unpaired) electrons. The number of ether oxygens (including phenoxy) is 1. The zero-order valence-corrected chi connectivity index (χ0v) is 10.6. The second kappa shape index (κ2) is 7.41. The van der Waals surface area contributed by atoms with E-state index in [4.69, 9.17) is 4.74 Å². The van der Waals surface area contributed by atoms with Gasteiger partial charge < -0.3 is 10.1 Å². The van der Waals surface area contributed by atoms with E-state index in [0.29, 0.717) is 0 Å². The van der Waals surface area contributed by atoms with Crippen LogP contribution in [0.2, 0.25) is 0 Å². The van der Waals surface area contributed by atoms with Crippen LogP contribution >= 0.6 is 0 Å². The Morgan fingerprint density at radius 3 is 2.81 bits per heavy atom. The summed E-state index contributed by atoms with van der Waals surface area (Å²) in [6.45, 7) is 10.7. The number of aryl methyl sites for hydroxylation is 2. The minimum Gasteiger partial charge on any atom is -0.382 e. The van der Waals surface area contributed by atoms with Crippen molar-refractivity contribution in [3.8, 4) is 0 Å². The van der Waals surface area contributed by atoms with Gasteiger partial charge in [-0.05, 0) is 39.8 Å². The molecular weight excluding hydrogens is 202 g/mol. The summed E-state index contributed by atoms with van der Waals surface area (Å²) in [7, 11) is 0. The average molecular weight is 225 g/mol. The van der Waals surface area contributed by atoms with Crippen molar-refractivity contribution >= 4 is 0 Å². The summed E-state index contributed by atoms with van der Waals surface area (Å²) in [5.41, 5.74) is 2.32. The fraction of sp³-hybridized carbons (Fsp3) is 0.750. The van der Waals surface area contributed by atoms with Crippen molar-refractivity contribution in [3.05, 3.63) is 17.5 Å². The number of hydrogen-bond acceptors (Lipinski definition) is 3. The lowest BCUT2D eigenvalue weighted by atomic mass is 10.4. The summed E-state index contributed by atoms with van der Waals surface area (Å²) in [6, 6.07) is 2.11. The van der Waals surface area contributed by atoms with Gasteiger partial charge >= 0.3 is 0 Å². The van der Waals surface area contributed by atoms with Crippen molar-refractivity contribution in [2.45, 2.75) is 33.7 Å². The van der Waals surface area contributed by atoms with E-state index >= 15 is 0 Å². The van der Waals surface area contributed by atoms with Crippen LogP contribution in [-0.4, -0.2) is 36.1 Å². The number of hydrogen-bond donors (Lipinski definition) is 1. The van der Waals surface area contributed by atoms with Gasteiger partial charge in [0.15, 0.2) is 0 Å². The van der Waals surface area contributed by atoms with Crippen molar-refractivity contribution in [1.82, 2.24) is 15.1 Å². The summed E-state index contributed by atoms with van der Waals surface area (Å²) in [4.78, 5) is 0. The zero-order valence-electron chi connectivity index (χ0n) is 10.6. The molecule has 4 heteroatoms. The lowest BCUT2D eigenvalue weighted by Crippen LogP contribution is -2.22. The van der Waals surface area contributed by atoms with E-state index < -0.39 is 0 Å². The molecule has 0 spiro atoms. The van der Waals surface area contributed by atoms with Gasteiger partial charge in [-0.1, -0.05) is 0 Å². The molecule has 0 aliphatic rings. The van der Waals surface area contributed by atoms with Crippen LogP contribution in [0.25, 0.3) is 0 Å². The standard InChI is InChI=1S/C12H23N3O/c1-4-16-9-5-6-13-7-8-15-12(3)10-11(2)14-15/h10,13H,4-9H2,1-3H3. The fourth-order valence-corrected chi connectivity index (χ4v) is 1.65. The van der Waals surface area contributed by atoms with Gasteiger partial charge in [-0.3, -0.25) is 4.68 Å². The van der Waals surface area contributed by atoms with Gasteiger partial charge in [0.05, 0.1) is 12.2 Å². The maximum absolute atomic E-state index is 5.26. The highest BCUT2D eigenvalue weighted by atomic mass is 16.5. The molecule has 0 atom stereocenters. The van der Waals surface area contributed by atoms with Crippen LogP contribution in [0.1, 0.15) is 24.7 Å². The highest BCUT2D eigenvalue weighted by Gasteiger charge is 1.99. The van der Waals surface area contributed by atoms with Gasteiger partial charge in [-0.25, -0.2) is 0 Å². The third-order valence-corrected chi connectivity index (χ3v) is 2.45. The molecule has 1 aromatic heterocycles. The molecule has 1 heterocycles. The number of aromatic nitrogens is 2. The molecule has 0 aliphatic carbocycles. The Morgan fingerprint density at radius 2 is 2.19 bits per heavy atom. The minimum atomic E-state index is 0.811. The molecule has 0 bridgehead atoms. The Labute approximate surface area is 98.0 Å². The Bertz CT molecular complexity index is 296. The molecule has 0 aliphatic heterocycles. The van der Waals surface area contributed by atoms with E-state index in [1.165, 1.54) is 5.69 Å². The largest absolute Gasteiger partial charge is 0.382 e. The number of nitrogens with zero attached hydrogens (tertiary/aromatic N) is 2. The third kappa shape index (κ3) is 4.77. The topological polar surface area (TPSA) is 39.1 Å². The lowest BCUT2D eigenvalue weighted by molar-refractivity contribution is 0.144. The van der Waals surface area contributed by atoms with Crippen LogP contribution in [0.4, 0.5) is 0 Å². The van der Waals surface area contributed by atoms with E-state index in [2.05, 4.69) is 23.4 Å². The van der Waals surface area contributed by atoms with Crippen LogP contribution in [0.15, 0.2) is 6.07 Å². The molecule has 92 valence electrons. The van der Waals surface area contributed by atoms with Crippen LogP contribution in [0.5, 0.6) is 0 Å². The predicted molar refractivity (Wildman–Crippen MR) is 65.7 cm³/mol. The van der Waals surface area contributed by atoms with Gasteiger partial charge in [0.2, 0.25) is 0 Å². The molecular formula is C12H23N3O. The first-order chi connectivity index (χ1) is 7.74. The normalized spacial score (nSPS) is 10.9. The van der Waals surface area contributed by atoms with Crippen molar-refractivity contribution in [1.29, 1.82) is 0 Å². The van der Waals surface area contributed by atoms with E-state index in [9.17, 15) is 0 Å². The molecule has 0 unspecified atom stereocenters. The van der Waals surface area contributed by atoms with Gasteiger partial charge in [-0.2, -0.15) is 5.10 Å². The maximum atomic E-state index is 5.26. The summed E-state index contributed by atoms with van der Waals surface area (Å²) >= 11 is 0. The van der Waals surface area contributed by atoms with Crippen molar-refractivity contribution in [2.24, 2.45) is 0 Å². The van der Waals surface area contributed by atoms with Crippen molar-refractivity contribution < 1.29 is 4.74 Å². The van der Waals surface area contributed by atoms with Gasteiger partial charge in [0.1, 0.15) is 0 Å². The van der Waals surface area contributed by atoms with Crippen LogP contribution < -0.4 is 5.32 Å². The Balaban J connectivity index is 2.05. The monoisotopic (exact) mass is 225 g/mol. The van der Waals surface area contributed by atoms with Crippen LogP contribution in [0.3, 0.4) is 0 Å². The molecule has 16 heavy (non-hydrogen) atoms. The first-order valence-corrected chi connectivity index (χ1v) is 6.03. The quantitative estimate of drug-likeness (QED) is 0.682. The van der Waals surface area contributed by atoms with Crippen molar-refractivity contribution in [2.75, 3.05) is 26.3 Å². The second-order valence-electron chi connectivity index (χ2n) is 3.95. The first-order valence-electron chi connectivity index (χ1n) is 6.03. The lowest BCUT2D eigenvalue weighted by Gasteiger charge is -2.06. The van der Waals surface area contributed by atoms with Crippen molar-refractivity contribution in [3.63, 3.8) is 0 Å². The summed E-state index contributed by atoms with van der Waals surface area (Å²) < 4.78 is 7.31. The average Bonchev–Trinajstić information content (AvgIpc) is 2.56. The molecule has 1 N–H and O–H groups in total. The number of nitrogens with one attached hydrogen (secondary N) is 1. The molecule has 0 fully saturated rings.